The molecule has 4 aromatic rings. The number of hydrogen-bond donors (Lipinski definition) is 0. The maximum absolute atomic E-state index is 14.3. The molecule has 0 radical (unpaired) electrons. The first-order chi connectivity index (χ1) is 20.3. The van der Waals surface area contributed by atoms with Gasteiger partial charge in [0.25, 0.3) is 11.4 Å². The largest absolute Gasteiger partial charge is 0.270 e. The van der Waals surface area contributed by atoms with E-state index in [0.717, 1.165) is 24.3 Å². The standard InChI is InChI=1S/C34H12F4N4/c1-41-27(15-39)33-29-19(17-9-11-23(35)25(37)13-17)5-3-7-21(29)32-31(33)22-8-4-6-20(18-10-12-24(36)26(38)14-18)30(22)34(32)28(16-40)42-2/h3-14H/b33-27-,34-28+. The number of nitrogens with zero attached hydrogens (tertiary/aromatic N) is 4. The Balaban J connectivity index is 1.75. The van der Waals surface area contributed by atoms with Gasteiger partial charge in [-0.3, -0.25) is 0 Å². The fourth-order valence-corrected chi connectivity index (χ4v) is 5.65. The van der Waals surface area contributed by atoms with Gasteiger partial charge in [0.05, 0.1) is 25.3 Å². The first-order valence-corrected chi connectivity index (χ1v) is 12.3. The van der Waals surface area contributed by atoms with E-state index in [4.69, 9.17) is 13.1 Å². The average Bonchev–Trinajstić information content (AvgIpc) is 3.51. The van der Waals surface area contributed by atoms with Crippen LogP contribution in [-0.2, 0) is 0 Å². The Labute approximate surface area is 237 Å². The van der Waals surface area contributed by atoms with E-state index in [9.17, 15) is 28.1 Å². The van der Waals surface area contributed by atoms with Crippen LogP contribution in [0.1, 0.15) is 22.3 Å². The quantitative estimate of drug-likeness (QED) is 0.142. The maximum Gasteiger partial charge on any atom is 0.270 e. The third-order valence-electron chi connectivity index (χ3n) is 7.29. The predicted molar refractivity (Wildman–Crippen MR) is 149 cm³/mol. The van der Waals surface area contributed by atoms with Crippen molar-refractivity contribution >= 4 is 22.3 Å². The van der Waals surface area contributed by atoms with E-state index >= 15 is 0 Å². The summed E-state index contributed by atoms with van der Waals surface area (Å²) in [5.74, 6) is -4.24. The van der Waals surface area contributed by atoms with Gasteiger partial charge in [-0.2, -0.15) is 0 Å². The van der Waals surface area contributed by atoms with Gasteiger partial charge in [-0.05, 0) is 79.9 Å². The average molecular weight is 552 g/mol. The molecule has 2 aliphatic carbocycles. The molecule has 0 N–H and O–H groups in total. The lowest BCUT2D eigenvalue weighted by atomic mass is 9.84. The summed E-state index contributed by atoms with van der Waals surface area (Å²) >= 11 is 0. The van der Waals surface area contributed by atoms with Crippen LogP contribution in [0.4, 0.5) is 17.6 Å². The lowest BCUT2D eigenvalue weighted by molar-refractivity contribution is 0.509. The first-order valence-electron chi connectivity index (χ1n) is 12.3. The highest BCUT2D eigenvalue weighted by Crippen LogP contribution is 2.62. The molecule has 0 heterocycles. The molecule has 8 heteroatoms. The Kier molecular flexibility index (Phi) is 6.05. The van der Waals surface area contributed by atoms with Crippen molar-refractivity contribution in [3.8, 4) is 34.4 Å². The Morgan fingerprint density at radius 2 is 0.929 bits per heavy atom. The Bertz CT molecular complexity index is 1990. The van der Waals surface area contributed by atoms with Crippen LogP contribution in [0, 0.1) is 59.1 Å². The van der Waals surface area contributed by atoms with Gasteiger partial charge in [0, 0.05) is 11.1 Å². The van der Waals surface area contributed by atoms with Crippen molar-refractivity contribution in [1.29, 1.82) is 10.5 Å². The van der Waals surface area contributed by atoms with Gasteiger partial charge in [0.2, 0.25) is 0 Å². The van der Waals surface area contributed by atoms with E-state index in [1.54, 1.807) is 36.4 Å². The highest BCUT2D eigenvalue weighted by Gasteiger charge is 2.41. The van der Waals surface area contributed by atoms with Gasteiger partial charge in [0.1, 0.15) is 0 Å². The molecule has 0 spiro atoms. The zero-order valence-corrected chi connectivity index (χ0v) is 21.2. The number of hydrogen-bond acceptors (Lipinski definition) is 2. The van der Waals surface area contributed by atoms with Gasteiger partial charge < -0.3 is 0 Å². The van der Waals surface area contributed by atoms with E-state index < -0.39 is 23.3 Å². The lowest BCUT2D eigenvalue weighted by Crippen LogP contribution is -1.99. The maximum atomic E-state index is 14.3. The summed E-state index contributed by atoms with van der Waals surface area (Å²) in [5, 5.41) is 20.1. The smallest absolute Gasteiger partial charge is 0.226 e. The molecule has 4 nitrogen and oxygen atoms in total. The third-order valence-corrected chi connectivity index (χ3v) is 7.29. The van der Waals surface area contributed by atoms with Crippen molar-refractivity contribution in [2.24, 2.45) is 0 Å². The van der Waals surface area contributed by atoms with E-state index in [0.29, 0.717) is 55.7 Å². The van der Waals surface area contributed by atoms with Crippen LogP contribution in [0.25, 0.3) is 54.2 Å². The van der Waals surface area contributed by atoms with Crippen molar-refractivity contribution in [2.75, 3.05) is 0 Å². The summed E-state index contributed by atoms with van der Waals surface area (Å²) in [5.41, 5.74) is 3.76. The summed E-state index contributed by atoms with van der Waals surface area (Å²) in [6.45, 7) is 15.6. The highest BCUT2D eigenvalue weighted by atomic mass is 19.2. The first kappa shape index (κ1) is 26.0. The normalized spacial score (nSPS) is 15.0. The molecule has 4 aromatic carbocycles. The minimum atomic E-state index is -1.08. The van der Waals surface area contributed by atoms with Crippen molar-refractivity contribution in [2.45, 2.75) is 0 Å². The lowest BCUT2D eigenvalue weighted by Gasteiger charge is -2.19. The summed E-state index contributed by atoms with van der Waals surface area (Å²) in [7, 11) is 0. The van der Waals surface area contributed by atoms with Crippen molar-refractivity contribution in [1.82, 2.24) is 0 Å². The van der Waals surface area contributed by atoms with Crippen LogP contribution in [0.5, 0.6) is 0 Å². The van der Waals surface area contributed by atoms with Crippen LogP contribution in [-0.4, -0.2) is 0 Å². The molecule has 6 rings (SSSR count). The molecule has 0 fully saturated rings. The van der Waals surface area contributed by atoms with E-state index in [-0.39, 0.29) is 22.5 Å². The fraction of sp³-hybridized carbons (Fsp3) is 0. The zero-order valence-electron chi connectivity index (χ0n) is 21.2. The fourth-order valence-electron chi connectivity index (χ4n) is 5.65. The minimum absolute atomic E-state index is 0.207. The SMILES string of the molecule is [C-]#[N+]/C(C#N)=C1C2=C(/C(=C(\C#N)[N+]#[C-])c3c2cccc3-c2ccc(F)c(F)c2)c2cccc(-c3ccc(F)c(F)c3)c2\1. The molecular formula is C34H12F4N4. The molecular weight excluding hydrogens is 540 g/mol. The van der Waals surface area contributed by atoms with Gasteiger partial charge in [-0.1, -0.05) is 48.5 Å². The summed E-state index contributed by atoms with van der Waals surface area (Å²) in [6, 6.07) is 20.6. The number of nitriles is 2. The summed E-state index contributed by atoms with van der Waals surface area (Å²) < 4.78 is 56.3. The number of benzene rings is 4. The molecule has 2 aliphatic rings. The van der Waals surface area contributed by atoms with Crippen LogP contribution in [0.3, 0.4) is 0 Å². The van der Waals surface area contributed by atoms with Crippen molar-refractivity contribution in [3.05, 3.63) is 153 Å². The molecule has 0 aromatic heterocycles. The Morgan fingerprint density at radius 1 is 0.548 bits per heavy atom. The van der Waals surface area contributed by atoms with E-state index in [1.165, 1.54) is 12.1 Å². The molecule has 0 atom stereocenters. The molecule has 42 heavy (non-hydrogen) atoms. The molecule has 0 unspecified atom stereocenters. The Hall–Kier alpha value is -6.22. The van der Waals surface area contributed by atoms with Gasteiger partial charge in [-0.25, -0.2) is 37.8 Å². The number of rotatable bonds is 2. The van der Waals surface area contributed by atoms with Crippen molar-refractivity contribution in [3.63, 3.8) is 0 Å². The predicted octanol–water partition coefficient (Wildman–Crippen LogP) is 8.82. The number of halogens is 4. The topological polar surface area (TPSA) is 56.3 Å². The second-order valence-electron chi connectivity index (χ2n) is 9.36. The van der Waals surface area contributed by atoms with E-state index in [2.05, 4.69) is 9.69 Å². The van der Waals surface area contributed by atoms with Crippen LogP contribution < -0.4 is 0 Å². The Morgan fingerprint density at radius 3 is 1.26 bits per heavy atom. The summed E-state index contributed by atoms with van der Waals surface area (Å²) in [4.78, 5) is 6.93. The highest BCUT2D eigenvalue weighted by molar-refractivity contribution is 6.39. The van der Waals surface area contributed by atoms with Gasteiger partial charge in [0.15, 0.2) is 23.3 Å². The molecule has 0 aliphatic heterocycles. The van der Waals surface area contributed by atoms with Crippen LogP contribution in [0.15, 0.2) is 84.2 Å². The second-order valence-corrected chi connectivity index (χ2v) is 9.36. The number of allylic oxidation sites excluding steroid dienone is 6. The summed E-state index contributed by atoms with van der Waals surface area (Å²) in [6.07, 6.45) is 0. The van der Waals surface area contributed by atoms with Crippen LogP contribution in [0.2, 0.25) is 0 Å². The molecule has 0 bridgehead atoms. The van der Waals surface area contributed by atoms with Crippen LogP contribution >= 0.6 is 0 Å². The monoisotopic (exact) mass is 552 g/mol. The molecule has 0 amide bonds. The molecule has 0 saturated carbocycles. The third kappa shape index (κ3) is 3.65. The number of fused-ring (bicyclic) bond motifs is 4. The van der Waals surface area contributed by atoms with E-state index in [1.807, 2.05) is 12.1 Å². The zero-order chi connectivity index (χ0) is 29.7. The minimum Gasteiger partial charge on any atom is -0.226 e. The molecule has 0 saturated heterocycles. The van der Waals surface area contributed by atoms with Crippen molar-refractivity contribution < 1.29 is 17.6 Å². The molecule has 196 valence electrons. The second kappa shape index (κ2) is 9.76. The van der Waals surface area contributed by atoms with Gasteiger partial charge >= 0.3 is 0 Å². The van der Waals surface area contributed by atoms with Gasteiger partial charge in [-0.15, -0.1) is 0 Å².